The number of aryl methyl sites for hydroxylation is 2. The number of aliphatic carboxylic acids is 1. The van der Waals surface area contributed by atoms with Crippen molar-refractivity contribution in [1.82, 2.24) is 9.78 Å². The molecular formula is C14H23N3O2. The third kappa shape index (κ3) is 3.36. The van der Waals surface area contributed by atoms with Crippen LogP contribution in [0.2, 0.25) is 0 Å². The van der Waals surface area contributed by atoms with Crippen LogP contribution < -0.4 is 4.90 Å². The van der Waals surface area contributed by atoms with E-state index in [0.717, 1.165) is 36.0 Å². The number of hydrogen-bond donors (Lipinski definition) is 1. The van der Waals surface area contributed by atoms with Gasteiger partial charge in [0.2, 0.25) is 0 Å². The zero-order valence-electron chi connectivity index (χ0n) is 12.3. The lowest BCUT2D eigenvalue weighted by Crippen LogP contribution is -2.32. The minimum Gasteiger partial charge on any atom is -0.478 e. The summed E-state index contributed by atoms with van der Waals surface area (Å²) < 4.78 is 1.81. The van der Waals surface area contributed by atoms with Crippen LogP contribution in [-0.4, -0.2) is 33.9 Å². The van der Waals surface area contributed by atoms with Gasteiger partial charge in [-0.2, -0.15) is 5.10 Å². The van der Waals surface area contributed by atoms with Gasteiger partial charge >= 0.3 is 5.97 Å². The molecule has 1 N–H and O–H groups in total. The Bertz CT molecular complexity index is 473. The Hall–Kier alpha value is -1.78. The van der Waals surface area contributed by atoms with E-state index < -0.39 is 5.97 Å². The van der Waals surface area contributed by atoms with Crippen LogP contribution in [0.3, 0.4) is 0 Å². The van der Waals surface area contributed by atoms with Crippen molar-refractivity contribution >= 4 is 17.9 Å². The normalized spacial score (nSPS) is 11.5. The summed E-state index contributed by atoms with van der Waals surface area (Å²) in [5.74, 6) is 0.0167. The number of aromatic nitrogens is 2. The van der Waals surface area contributed by atoms with Crippen LogP contribution in [-0.2, 0) is 11.8 Å². The number of carbonyl (C=O) groups is 1. The first-order chi connectivity index (χ1) is 8.92. The summed E-state index contributed by atoms with van der Waals surface area (Å²) in [6, 6.07) is 0.423. The molecule has 1 aromatic rings. The first-order valence-electron chi connectivity index (χ1n) is 6.59. The van der Waals surface area contributed by atoms with Gasteiger partial charge in [-0.1, -0.05) is 13.8 Å². The predicted octanol–water partition coefficient (Wildman–Crippen LogP) is 2.45. The highest BCUT2D eigenvalue weighted by Gasteiger charge is 2.19. The van der Waals surface area contributed by atoms with Crippen molar-refractivity contribution in [3.8, 4) is 0 Å². The maximum absolute atomic E-state index is 10.7. The highest BCUT2D eigenvalue weighted by Crippen LogP contribution is 2.26. The number of hydrogen-bond acceptors (Lipinski definition) is 3. The summed E-state index contributed by atoms with van der Waals surface area (Å²) >= 11 is 0. The molecule has 106 valence electrons. The molecule has 0 saturated heterocycles. The molecule has 0 fully saturated rings. The van der Waals surface area contributed by atoms with E-state index in [1.165, 1.54) is 0 Å². The number of carboxylic acid groups (broad SMARTS) is 1. The standard InChI is InChI=1S/C14H23N3O2/c1-6-11(7-2)16(4)14-12(8-9-13(18)19)10(3)15-17(14)5/h8-9,11H,6-7H2,1-5H3,(H,18,19)/b9-8+. The molecule has 5 heteroatoms. The van der Waals surface area contributed by atoms with E-state index in [0.29, 0.717) is 6.04 Å². The van der Waals surface area contributed by atoms with Gasteiger partial charge in [0.05, 0.1) is 5.69 Å². The lowest BCUT2D eigenvalue weighted by Gasteiger charge is -2.28. The fraction of sp³-hybridized carbons (Fsp3) is 0.571. The topological polar surface area (TPSA) is 58.4 Å². The Morgan fingerprint density at radius 3 is 2.53 bits per heavy atom. The molecule has 1 aromatic heterocycles. The first kappa shape index (κ1) is 15.3. The maximum atomic E-state index is 10.7. The molecule has 0 spiro atoms. The molecule has 0 saturated carbocycles. The summed E-state index contributed by atoms with van der Waals surface area (Å²) in [5.41, 5.74) is 1.71. The van der Waals surface area contributed by atoms with Crippen molar-refractivity contribution in [2.75, 3.05) is 11.9 Å². The molecule has 0 unspecified atom stereocenters. The zero-order chi connectivity index (χ0) is 14.6. The molecule has 5 nitrogen and oxygen atoms in total. The number of nitrogens with zero attached hydrogens (tertiary/aromatic N) is 3. The third-order valence-electron chi connectivity index (χ3n) is 3.45. The highest BCUT2D eigenvalue weighted by molar-refractivity contribution is 5.87. The maximum Gasteiger partial charge on any atom is 0.328 e. The molecule has 0 bridgehead atoms. The first-order valence-corrected chi connectivity index (χ1v) is 6.59. The molecule has 1 heterocycles. The van der Waals surface area contributed by atoms with Crippen molar-refractivity contribution in [2.45, 2.75) is 39.7 Å². The van der Waals surface area contributed by atoms with Crippen molar-refractivity contribution in [3.05, 3.63) is 17.3 Å². The summed E-state index contributed by atoms with van der Waals surface area (Å²) in [4.78, 5) is 12.9. The average Bonchev–Trinajstić information content (AvgIpc) is 2.62. The Labute approximate surface area is 114 Å². The summed E-state index contributed by atoms with van der Waals surface area (Å²) in [6.07, 6.45) is 4.87. The molecule has 0 radical (unpaired) electrons. The SMILES string of the molecule is CCC(CC)N(C)c1c(/C=C/C(=O)O)c(C)nn1C. The molecule has 0 aromatic carbocycles. The smallest absolute Gasteiger partial charge is 0.328 e. The van der Waals surface area contributed by atoms with Crippen LogP contribution in [0, 0.1) is 6.92 Å². The van der Waals surface area contributed by atoms with Gasteiger partial charge < -0.3 is 10.0 Å². The molecule has 0 aliphatic carbocycles. The highest BCUT2D eigenvalue weighted by atomic mass is 16.4. The molecule has 0 amide bonds. The van der Waals surface area contributed by atoms with Gasteiger partial charge in [0, 0.05) is 31.8 Å². The lowest BCUT2D eigenvalue weighted by atomic mass is 10.1. The van der Waals surface area contributed by atoms with E-state index in [4.69, 9.17) is 5.11 Å². The molecule has 0 aliphatic heterocycles. The number of carboxylic acids is 1. The second kappa shape index (κ2) is 6.41. The van der Waals surface area contributed by atoms with E-state index >= 15 is 0 Å². The van der Waals surface area contributed by atoms with Crippen molar-refractivity contribution in [2.24, 2.45) is 7.05 Å². The van der Waals surface area contributed by atoms with Gasteiger partial charge in [-0.3, -0.25) is 4.68 Å². The van der Waals surface area contributed by atoms with Crippen molar-refractivity contribution in [1.29, 1.82) is 0 Å². The minimum atomic E-state index is -0.945. The average molecular weight is 265 g/mol. The predicted molar refractivity (Wildman–Crippen MR) is 77.4 cm³/mol. The van der Waals surface area contributed by atoms with Crippen molar-refractivity contribution in [3.63, 3.8) is 0 Å². The van der Waals surface area contributed by atoms with Gasteiger partial charge in [0.25, 0.3) is 0 Å². The summed E-state index contributed by atoms with van der Waals surface area (Å²) in [5, 5.41) is 13.2. The van der Waals surface area contributed by atoms with Gasteiger partial charge in [-0.05, 0) is 25.8 Å². The van der Waals surface area contributed by atoms with Crippen LogP contribution in [0.25, 0.3) is 6.08 Å². The Morgan fingerprint density at radius 1 is 1.47 bits per heavy atom. The second-order valence-electron chi connectivity index (χ2n) is 4.70. The van der Waals surface area contributed by atoms with Crippen LogP contribution in [0.15, 0.2) is 6.08 Å². The second-order valence-corrected chi connectivity index (χ2v) is 4.70. The van der Waals surface area contributed by atoms with Crippen molar-refractivity contribution < 1.29 is 9.90 Å². The van der Waals surface area contributed by atoms with Crippen LogP contribution in [0.4, 0.5) is 5.82 Å². The van der Waals surface area contributed by atoms with Gasteiger partial charge in [0.15, 0.2) is 0 Å². The third-order valence-corrected chi connectivity index (χ3v) is 3.45. The Kier molecular flexibility index (Phi) is 5.15. The monoisotopic (exact) mass is 265 g/mol. The van der Waals surface area contributed by atoms with E-state index in [1.54, 1.807) is 6.08 Å². The van der Waals surface area contributed by atoms with Gasteiger partial charge in [0.1, 0.15) is 5.82 Å². The van der Waals surface area contributed by atoms with Gasteiger partial charge in [-0.15, -0.1) is 0 Å². The summed E-state index contributed by atoms with van der Waals surface area (Å²) in [6.45, 7) is 6.20. The largest absolute Gasteiger partial charge is 0.478 e. The fourth-order valence-electron chi connectivity index (χ4n) is 2.44. The molecule has 0 aliphatic rings. The Balaban J connectivity index is 3.22. The quantitative estimate of drug-likeness (QED) is 0.803. The zero-order valence-corrected chi connectivity index (χ0v) is 12.3. The van der Waals surface area contributed by atoms with Crippen LogP contribution in [0.1, 0.15) is 37.9 Å². The van der Waals surface area contributed by atoms with E-state index in [-0.39, 0.29) is 0 Å². The van der Waals surface area contributed by atoms with E-state index in [1.807, 2.05) is 25.7 Å². The van der Waals surface area contributed by atoms with Gasteiger partial charge in [-0.25, -0.2) is 4.79 Å². The number of rotatable bonds is 6. The fourth-order valence-corrected chi connectivity index (χ4v) is 2.44. The van der Waals surface area contributed by atoms with E-state index in [9.17, 15) is 4.79 Å². The van der Waals surface area contributed by atoms with Crippen LogP contribution in [0.5, 0.6) is 0 Å². The minimum absolute atomic E-state index is 0.423. The molecule has 1 rings (SSSR count). The van der Waals surface area contributed by atoms with E-state index in [2.05, 4.69) is 23.8 Å². The summed E-state index contributed by atoms with van der Waals surface area (Å²) in [7, 11) is 3.92. The molecule has 19 heavy (non-hydrogen) atoms. The Morgan fingerprint density at radius 2 is 2.05 bits per heavy atom. The number of anilines is 1. The molecule has 0 atom stereocenters. The lowest BCUT2D eigenvalue weighted by molar-refractivity contribution is -0.131. The van der Waals surface area contributed by atoms with Crippen LogP contribution >= 0.6 is 0 Å². The molecular weight excluding hydrogens is 242 g/mol.